The molecule has 0 heterocycles. The first-order valence-electron chi connectivity index (χ1n) is 8.05. The molecule has 0 aliphatic rings. The van der Waals surface area contributed by atoms with Gasteiger partial charge in [0, 0.05) is 3.92 Å². The summed E-state index contributed by atoms with van der Waals surface area (Å²) >= 11 is 2.61. The van der Waals surface area contributed by atoms with E-state index in [0.29, 0.717) is 0 Å². The summed E-state index contributed by atoms with van der Waals surface area (Å²) in [5.74, 6) is 0.848. The van der Waals surface area contributed by atoms with E-state index in [0.717, 1.165) is 9.84 Å². The van der Waals surface area contributed by atoms with Gasteiger partial charge in [-0.1, -0.05) is 81.2 Å². The molecule has 2 atom stereocenters. The lowest BCUT2D eigenvalue weighted by molar-refractivity contribution is 0.510. The Balaban J connectivity index is 3.68. The lowest BCUT2D eigenvalue weighted by atomic mass is 9.96. The van der Waals surface area contributed by atoms with Crippen LogP contribution in [0.3, 0.4) is 0 Å². The molecule has 1 heteroatoms. The smallest absolute Gasteiger partial charge is 0.0110 e. The van der Waals surface area contributed by atoms with Gasteiger partial charge in [0.25, 0.3) is 0 Å². The second kappa shape index (κ2) is 13.9. The summed E-state index contributed by atoms with van der Waals surface area (Å²) in [6.07, 6.45) is 18.5. The molecule has 0 aromatic rings. The standard InChI is InChI=1S/C17H33I/c1-4-7-13-16(11-5-2)14-9-8-10-15-17(18)12-6-3/h9,14,16-17H,4-8,10-13,15H2,1-3H3/b14-9+. The molecule has 108 valence electrons. The van der Waals surface area contributed by atoms with E-state index >= 15 is 0 Å². The summed E-state index contributed by atoms with van der Waals surface area (Å²) < 4.78 is 0.896. The van der Waals surface area contributed by atoms with E-state index in [1.54, 1.807) is 0 Å². The van der Waals surface area contributed by atoms with Gasteiger partial charge in [-0.15, -0.1) is 0 Å². The van der Waals surface area contributed by atoms with Crippen molar-refractivity contribution < 1.29 is 0 Å². The molecule has 0 nitrogen and oxygen atoms in total. The average Bonchev–Trinajstić information content (AvgIpc) is 2.35. The van der Waals surface area contributed by atoms with E-state index in [-0.39, 0.29) is 0 Å². The zero-order valence-electron chi connectivity index (χ0n) is 12.8. The van der Waals surface area contributed by atoms with Crippen molar-refractivity contribution in [1.29, 1.82) is 0 Å². The zero-order valence-corrected chi connectivity index (χ0v) is 14.9. The number of hydrogen-bond donors (Lipinski definition) is 0. The molecule has 2 unspecified atom stereocenters. The summed E-state index contributed by atoms with van der Waals surface area (Å²) in [5, 5.41) is 0. The first-order valence-corrected chi connectivity index (χ1v) is 9.29. The molecule has 0 N–H and O–H groups in total. The number of alkyl halides is 1. The molecule has 0 fully saturated rings. The first kappa shape index (κ1) is 18.5. The molecule has 0 spiro atoms. The van der Waals surface area contributed by atoms with Crippen LogP contribution >= 0.6 is 22.6 Å². The average molecular weight is 364 g/mol. The van der Waals surface area contributed by atoms with Crippen LogP contribution in [0.4, 0.5) is 0 Å². The monoisotopic (exact) mass is 364 g/mol. The van der Waals surface area contributed by atoms with Gasteiger partial charge in [0.15, 0.2) is 0 Å². The van der Waals surface area contributed by atoms with Gasteiger partial charge in [-0.3, -0.25) is 0 Å². The molecule has 0 saturated carbocycles. The summed E-state index contributed by atoms with van der Waals surface area (Å²) in [6.45, 7) is 6.88. The van der Waals surface area contributed by atoms with Crippen molar-refractivity contribution in [2.75, 3.05) is 0 Å². The van der Waals surface area contributed by atoms with Gasteiger partial charge in [-0.05, 0) is 44.4 Å². The molecule has 18 heavy (non-hydrogen) atoms. The Kier molecular flexibility index (Phi) is 14.3. The van der Waals surface area contributed by atoms with E-state index in [4.69, 9.17) is 0 Å². The topological polar surface area (TPSA) is 0 Å². The van der Waals surface area contributed by atoms with Crippen LogP contribution in [0.15, 0.2) is 12.2 Å². The van der Waals surface area contributed by atoms with Crippen molar-refractivity contribution in [3.05, 3.63) is 12.2 Å². The summed E-state index contributed by atoms with van der Waals surface area (Å²) in [7, 11) is 0. The van der Waals surface area contributed by atoms with Crippen LogP contribution in [0, 0.1) is 5.92 Å². The number of hydrogen-bond acceptors (Lipinski definition) is 0. The lowest BCUT2D eigenvalue weighted by Gasteiger charge is -2.10. The molecular formula is C17H33I. The number of allylic oxidation sites excluding steroid dienone is 2. The second-order valence-electron chi connectivity index (χ2n) is 5.44. The summed E-state index contributed by atoms with van der Waals surface area (Å²) in [5.41, 5.74) is 0. The fraction of sp³-hybridized carbons (Fsp3) is 0.882. The minimum atomic E-state index is 0.848. The third kappa shape index (κ3) is 11.6. The van der Waals surface area contributed by atoms with E-state index < -0.39 is 0 Å². The largest absolute Gasteiger partial charge is 0.0883 e. The Hall–Kier alpha value is 0.470. The van der Waals surface area contributed by atoms with Crippen molar-refractivity contribution in [2.45, 2.75) is 88.9 Å². The first-order chi connectivity index (χ1) is 8.74. The molecule has 0 radical (unpaired) electrons. The molecule has 0 aliphatic heterocycles. The maximum Gasteiger partial charge on any atom is 0.0110 e. The SMILES string of the molecule is CCCCC(/C=C/CCCC(I)CCC)CCC. The van der Waals surface area contributed by atoms with Crippen LogP contribution < -0.4 is 0 Å². The molecule has 0 aliphatic carbocycles. The van der Waals surface area contributed by atoms with Gasteiger partial charge < -0.3 is 0 Å². The maximum atomic E-state index is 2.61. The molecule has 0 rings (SSSR count). The van der Waals surface area contributed by atoms with Gasteiger partial charge in [-0.25, -0.2) is 0 Å². The van der Waals surface area contributed by atoms with Crippen LogP contribution in [0.25, 0.3) is 0 Å². The third-order valence-corrected chi connectivity index (χ3v) is 4.73. The van der Waals surface area contributed by atoms with Crippen molar-refractivity contribution in [2.24, 2.45) is 5.92 Å². The highest BCUT2D eigenvalue weighted by atomic mass is 127. The van der Waals surface area contributed by atoms with Crippen LogP contribution in [0.1, 0.15) is 85.0 Å². The second-order valence-corrected chi connectivity index (χ2v) is 7.20. The van der Waals surface area contributed by atoms with E-state index in [1.807, 2.05) is 0 Å². The Morgan fingerprint density at radius 1 is 0.833 bits per heavy atom. The summed E-state index contributed by atoms with van der Waals surface area (Å²) in [4.78, 5) is 0. The van der Waals surface area contributed by atoms with Crippen molar-refractivity contribution in [1.82, 2.24) is 0 Å². The van der Waals surface area contributed by atoms with Gasteiger partial charge in [0.2, 0.25) is 0 Å². The van der Waals surface area contributed by atoms with Crippen molar-refractivity contribution >= 4 is 22.6 Å². The quantitative estimate of drug-likeness (QED) is 0.153. The molecule has 0 aromatic carbocycles. The lowest BCUT2D eigenvalue weighted by Crippen LogP contribution is -1.97. The Labute approximate surface area is 129 Å². The molecule has 0 saturated heterocycles. The fourth-order valence-electron chi connectivity index (χ4n) is 2.38. The Morgan fingerprint density at radius 2 is 1.56 bits per heavy atom. The highest BCUT2D eigenvalue weighted by molar-refractivity contribution is 14.1. The molecule has 0 aromatic heterocycles. The molecule has 0 bridgehead atoms. The van der Waals surface area contributed by atoms with Crippen LogP contribution in [-0.4, -0.2) is 3.92 Å². The minimum Gasteiger partial charge on any atom is -0.0883 e. The number of rotatable bonds is 12. The number of halogens is 1. The van der Waals surface area contributed by atoms with Crippen LogP contribution in [0.5, 0.6) is 0 Å². The highest BCUT2D eigenvalue weighted by Gasteiger charge is 2.03. The Morgan fingerprint density at radius 3 is 2.17 bits per heavy atom. The predicted octanol–water partition coefficient (Wildman–Crippen LogP) is 6.92. The van der Waals surface area contributed by atoms with Gasteiger partial charge in [-0.2, -0.15) is 0 Å². The van der Waals surface area contributed by atoms with Crippen LogP contribution in [-0.2, 0) is 0 Å². The van der Waals surface area contributed by atoms with E-state index in [9.17, 15) is 0 Å². The number of unbranched alkanes of at least 4 members (excludes halogenated alkanes) is 2. The third-order valence-electron chi connectivity index (χ3n) is 3.49. The maximum absolute atomic E-state index is 2.61. The molecular weight excluding hydrogens is 331 g/mol. The highest BCUT2D eigenvalue weighted by Crippen LogP contribution is 2.18. The van der Waals surface area contributed by atoms with Gasteiger partial charge >= 0.3 is 0 Å². The van der Waals surface area contributed by atoms with Gasteiger partial charge in [0.05, 0.1) is 0 Å². The van der Waals surface area contributed by atoms with Gasteiger partial charge in [0.1, 0.15) is 0 Å². The molecule has 0 amide bonds. The minimum absolute atomic E-state index is 0.848. The van der Waals surface area contributed by atoms with E-state index in [1.165, 1.54) is 64.2 Å². The van der Waals surface area contributed by atoms with E-state index in [2.05, 4.69) is 55.5 Å². The summed E-state index contributed by atoms with van der Waals surface area (Å²) in [6, 6.07) is 0. The Bertz CT molecular complexity index is 186. The van der Waals surface area contributed by atoms with Crippen molar-refractivity contribution in [3.63, 3.8) is 0 Å². The van der Waals surface area contributed by atoms with Crippen LogP contribution in [0.2, 0.25) is 0 Å². The normalized spacial score (nSPS) is 15.1. The predicted molar refractivity (Wildman–Crippen MR) is 93.6 cm³/mol. The zero-order chi connectivity index (χ0) is 13.6. The fourth-order valence-corrected chi connectivity index (χ4v) is 3.44. The van der Waals surface area contributed by atoms with Crippen molar-refractivity contribution in [3.8, 4) is 0 Å².